The van der Waals surface area contributed by atoms with Gasteiger partial charge in [-0.25, -0.2) is 0 Å². The molecule has 0 aromatic heterocycles. The molecule has 0 spiro atoms. The molecule has 0 radical (unpaired) electrons. The summed E-state index contributed by atoms with van der Waals surface area (Å²) < 4.78 is 5.57. The zero-order valence-corrected chi connectivity index (χ0v) is 7.66. The van der Waals surface area contributed by atoms with Gasteiger partial charge in [0.05, 0.1) is 12.6 Å². The molecule has 13 heavy (non-hydrogen) atoms. The summed E-state index contributed by atoms with van der Waals surface area (Å²) in [7, 11) is 0. The van der Waals surface area contributed by atoms with Gasteiger partial charge >= 0.3 is 0 Å². The Morgan fingerprint density at radius 1 is 1.46 bits per heavy atom. The van der Waals surface area contributed by atoms with E-state index in [4.69, 9.17) is 10.6 Å². The van der Waals surface area contributed by atoms with Gasteiger partial charge in [-0.2, -0.15) is 0 Å². The molecule has 0 fully saturated rings. The minimum Gasteiger partial charge on any atom is -0.493 e. The van der Waals surface area contributed by atoms with Crippen LogP contribution in [-0.4, -0.2) is 6.61 Å². The molecular formula is C10H14N2O. The molecule has 1 aromatic carbocycles. The second-order valence-corrected chi connectivity index (χ2v) is 3.47. The molecule has 2 unspecified atom stereocenters. The lowest BCUT2D eigenvalue weighted by Gasteiger charge is -2.30. The van der Waals surface area contributed by atoms with Crippen LogP contribution >= 0.6 is 0 Å². The Labute approximate surface area is 77.9 Å². The van der Waals surface area contributed by atoms with E-state index in [1.165, 1.54) is 0 Å². The van der Waals surface area contributed by atoms with Gasteiger partial charge in [0.25, 0.3) is 0 Å². The van der Waals surface area contributed by atoms with Gasteiger partial charge in [0.15, 0.2) is 0 Å². The largest absolute Gasteiger partial charge is 0.493 e. The number of para-hydroxylation sites is 1. The summed E-state index contributed by atoms with van der Waals surface area (Å²) in [6.45, 7) is 2.85. The number of hydrazine groups is 1. The van der Waals surface area contributed by atoms with Crippen LogP contribution in [0, 0.1) is 5.92 Å². The third-order valence-corrected chi connectivity index (χ3v) is 2.50. The number of hydrogen-bond donors (Lipinski definition) is 2. The summed E-state index contributed by atoms with van der Waals surface area (Å²) in [5, 5.41) is 0. The highest BCUT2D eigenvalue weighted by molar-refractivity contribution is 5.37. The van der Waals surface area contributed by atoms with Crippen molar-refractivity contribution in [3.05, 3.63) is 29.8 Å². The van der Waals surface area contributed by atoms with E-state index in [0.29, 0.717) is 5.92 Å². The van der Waals surface area contributed by atoms with Gasteiger partial charge in [0.2, 0.25) is 0 Å². The Bertz CT molecular complexity index is 301. The highest BCUT2D eigenvalue weighted by Crippen LogP contribution is 2.34. The Morgan fingerprint density at radius 3 is 3.00 bits per heavy atom. The lowest BCUT2D eigenvalue weighted by atomic mass is 9.93. The van der Waals surface area contributed by atoms with E-state index < -0.39 is 0 Å². The molecular weight excluding hydrogens is 164 g/mol. The first-order valence-electron chi connectivity index (χ1n) is 4.51. The maximum Gasteiger partial charge on any atom is 0.124 e. The van der Waals surface area contributed by atoms with Crippen molar-refractivity contribution in [3.63, 3.8) is 0 Å². The summed E-state index contributed by atoms with van der Waals surface area (Å²) >= 11 is 0. The lowest BCUT2D eigenvalue weighted by molar-refractivity contribution is 0.189. The second-order valence-electron chi connectivity index (χ2n) is 3.47. The first kappa shape index (κ1) is 8.53. The van der Waals surface area contributed by atoms with E-state index in [1.54, 1.807) is 0 Å². The lowest BCUT2D eigenvalue weighted by Crippen LogP contribution is -2.37. The number of ether oxygens (including phenoxy) is 1. The van der Waals surface area contributed by atoms with Crippen LogP contribution in [0.1, 0.15) is 18.5 Å². The van der Waals surface area contributed by atoms with Crippen LogP contribution in [-0.2, 0) is 0 Å². The standard InChI is InChI=1S/C10H14N2O/c1-7-6-13-9-5-3-2-4-8(9)10(7)12-11/h2-5,7,10,12H,6,11H2,1H3. The number of hydrogen-bond acceptors (Lipinski definition) is 3. The van der Waals surface area contributed by atoms with Crippen molar-refractivity contribution in [2.24, 2.45) is 11.8 Å². The van der Waals surface area contributed by atoms with Crippen LogP contribution < -0.4 is 16.0 Å². The molecule has 1 aliphatic rings. The molecule has 1 aliphatic heterocycles. The smallest absolute Gasteiger partial charge is 0.124 e. The summed E-state index contributed by atoms with van der Waals surface area (Å²) in [6.07, 6.45) is 0. The quantitative estimate of drug-likeness (QED) is 0.502. The summed E-state index contributed by atoms with van der Waals surface area (Å²) in [5.74, 6) is 6.87. The fraction of sp³-hybridized carbons (Fsp3) is 0.400. The highest BCUT2D eigenvalue weighted by atomic mass is 16.5. The number of nitrogens with two attached hydrogens (primary N) is 1. The van der Waals surface area contributed by atoms with Gasteiger partial charge in [-0.05, 0) is 6.07 Å². The molecule has 0 amide bonds. The molecule has 70 valence electrons. The Balaban J connectivity index is 2.39. The molecule has 0 saturated carbocycles. The second kappa shape index (κ2) is 3.36. The molecule has 0 aliphatic carbocycles. The van der Waals surface area contributed by atoms with Gasteiger partial charge in [0, 0.05) is 11.5 Å². The van der Waals surface area contributed by atoms with E-state index in [2.05, 4.69) is 18.4 Å². The van der Waals surface area contributed by atoms with Crippen LogP contribution in [0.25, 0.3) is 0 Å². The van der Waals surface area contributed by atoms with Crippen molar-refractivity contribution >= 4 is 0 Å². The molecule has 2 rings (SSSR count). The fourth-order valence-corrected chi connectivity index (χ4v) is 1.75. The van der Waals surface area contributed by atoms with E-state index in [-0.39, 0.29) is 6.04 Å². The zero-order chi connectivity index (χ0) is 9.26. The summed E-state index contributed by atoms with van der Waals surface area (Å²) in [6, 6.07) is 8.22. The topological polar surface area (TPSA) is 47.3 Å². The first-order chi connectivity index (χ1) is 6.33. The van der Waals surface area contributed by atoms with Crippen LogP contribution in [0.2, 0.25) is 0 Å². The molecule has 0 saturated heterocycles. The maximum absolute atomic E-state index is 5.57. The highest BCUT2D eigenvalue weighted by Gasteiger charge is 2.26. The Kier molecular flexibility index (Phi) is 2.20. The maximum atomic E-state index is 5.57. The number of fused-ring (bicyclic) bond motifs is 1. The molecule has 1 heterocycles. The molecule has 3 heteroatoms. The van der Waals surface area contributed by atoms with Gasteiger partial charge < -0.3 is 4.74 Å². The first-order valence-corrected chi connectivity index (χ1v) is 4.51. The molecule has 3 nitrogen and oxygen atoms in total. The minimum absolute atomic E-state index is 0.213. The monoisotopic (exact) mass is 178 g/mol. The fourth-order valence-electron chi connectivity index (χ4n) is 1.75. The minimum atomic E-state index is 0.213. The van der Waals surface area contributed by atoms with Gasteiger partial charge in [0.1, 0.15) is 5.75 Å². The van der Waals surface area contributed by atoms with E-state index in [0.717, 1.165) is 17.9 Å². The Hall–Kier alpha value is -1.06. The predicted molar refractivity (Wildman–Crippen MR) is 51.2 cm³/mol. The normalized spacial score (nSPS) is 26.3. The predicted octanol–water partition coefficient (Wildman–Crippen LogP) is 1.22. The number of rotatable bonds is 1. The van der Waals surface area contributed by atoms with Crippen molar-refractivity contribution in [1.82, 2.24) is 5.43 Å². The number of nitrogens with one attached hydrogen (secondary N) is 1. The van der Waals surface area contributed by atoms with E-state index in [9.17, 15) is 0 Å². The summed E-state index contributed by atoms with van der Waals surface area (Å²) in [4.78, 5) is 0. The van der Waals surface area contributed by atoms with Crippen molar-refractivity contribution < 1.29 is 4.74 Å². The van der Waals surface area contributed by atoms with Crippen LogP contribution in [0.5, 0.6) is 5.75 Å². The van der Waals surface area contributed by atoms with Crippen molar-refractivity contribution in [1.29, 1.82) is 0 Å². The number of benzene rings is 1. The van der Waals surface area contributed by atoms with E-state index in [1.807, 2.05) is 18.2 Å². The van der Waals surface area contributed by atoms with Gasteiger partial charge in [-0.15, -0.1) is 0 Å². The molecule has 1 aromatic rings. The van der Waals surface area contributed by atoms with E-state index >= 15 is 0 Å². The molecule has 2 atom stereocenters. The SMILES string of the molecule is CC1COc2ccccc2C1NN. The van der Waals surface area contributed by atoms with Crippen molar-refractivity contribution in [3.8, 4) is 5.75 Å². The Morgan fingerprint density at radius 2 is 2.23 bits per heavy atom. The average molecular weight is 178 g/mol. The van der Waals surface area contributed by atoms with Gasteiger partial charge in [-0.3, -0.25) is 11.3 Å². The third-order valence-electron chi connectivity index (χ3n) is 2.50. The van der Waals surface area contributed by atoms with Crippen molar-refractivity contribution in [2.75, 3.05) is 6.61 Å². The molecule has 3 N–H and O–H groups in total. The van der Waals surface area contributed by atoms with Gasteiger partial charge in [-0.1, -0.05) is 25.1 Å². The molecule has 0 bridgehead atoms. The zero-order valence-electron chi connectivity index (χ0n) is 7.66. The van der Waals surface area contributed by atoms with Crippen LogP contribution in [0.15, 0.2) is 24.3 Å². The van der Waals surface area contributed by atoms with Crippen LogP contribution in [0.4, 0.5) is 0 Å². The third kappa shape index (κ3) is 1.41. The average Bonchev–Trinajstić information content (AvgIpc) is 2.18. The van der Waals surface area contributed by atoms with Crippen molar-refractivity contribution in [2.45, 2.75) is 13.0 Å². The summed E-state index contributed by atoms with van der Waals surface area (Å²) in [5.41, 5.74) is 3.99. The van der Waals surface area contributed by atoms with Crippen LogP contribution in [0.3, 0.4) is 0 Å².